The largest absolute Gasteiger partial charge is 0.487 e. The van der Waals surface area contributed by atoms with Crippen molar-refractivity contribution in [1.29, 1.82) is 0 Å². The minimum Gasteiger partial charge on any atom is -0.487 e. The molecule has 1 aromatic carbocycles. The Bertz CT molecular complexity index is 1540. The van der Waals surface area contributed by atoms with Crippen LogP contribution in [0.3, 0.4) is 0 Å². The van der Waals surface area contributed by atoms with E-state index in [0.29, 0.717) is 19.7 Å². The molecule has 0 aromatic heterocycles. The minimum atomic E-state index is -2.49. The zero-order chi connectivity index (χ0) is 48.5. The Morgan fingerprint density at radius 1 is 0.742 bits per heavy atom. The summed E-state index contributed by atoms with van der Waals surface area (Å²) in [6, 6.07) is 2.19. The zero-order valence-electron chi connectivity index (χ0n) is 44.6. The second-order valence-electron chi connectivity index (χ2n) is 20.7. The van der Waals surface area contributed by atoms with Crippen LogP contribution in [0.1, 0.15) is 219 Å². The van der Waals surface area contributed by atoms with E-state index in [9.17, 15) is 10.2 Å². The first-order chi connectivity index (χ1) is 31.7. The monoisotopic (exact) mass is 938 g/mol. The molecule has 8 heteroatoms. The number of fused-ring (bicyclic) bond motifs is 1. The molecule has 0 aliphatic carbocycles. The molecule has 1 aliphatic rings. The summed E-state index contributed by atoms with van der Waals surface area (Å²) in [7, 11) is -2.49. The maximum atomic E-state index is 9.31. The van der Waals surface area contributed by atoms with Crippen molar-refractivity contribution in [3.63, 3.8) is 0 Å². The normalized spacial score (nSPS) is 16.3. The van der Waals surface area contributed by atoms with Gasteiger partial charge in [-0.1, -0.05) is 118 Å². The predicted octanol–water partition coefficient (Wildman–Crippen LogP) is 15.9. The molecule has 0 radical (unpaired) electrons. The number of hydrogen-bond donors (Lipinski definition) is 2. The van der Waals surface area contributed by atoms with Gasteiger partial charge in [0.1, 0.15) is 17.1 Å². The summed E-state index contributed by atoms with van der Waals surface area (Å²) >= 11 is 0. The van der Waals surface area contributed by atoms with Crippen LogP contribution in [-0.4, -0.2) is 75.0 Å². The van der Waals surface area contributed by atoms with Crippen LogP contribution in [0.5, 0.6) is 11.5 Å². The number of rotatable bonds is 40. The van der Waals surface area contributed by atoms with Crippen LogP contribution in [-0.2, 0) is 15.3 Å². The van der Waals surface area contributed by atoms with Crippen molar-refractivity contribution in [2.75, 3.05) is 39.5 Å². The number of hydrogen-bond acceptors (Lipinski definition) is 7. The molecule has 2 N–H and O–H groups in total. The van der Waals surface area contributed by atoms with Gasteiger partial charge in [0.15, 0.2) is 6.29 Å². The van der Waals surface area contributed by atoms with Gasteiger partial charge in [-0.3, -0.25) is 4.90 Å². The van der Waals surface area contributed by atoms with Crippen molar-refractivity contribution in [3.05, 3.63) is 69.9 Å². The van der Waals surface area contributed by atoms with Gasteiger partial charge in [-0.25, -0.2) is 0 Å². The lowest BCUT2D eigenvalue weighted by Crippen LogP contribution is -2.41. The van der Waals surface area contributed by atoms with Gasteiger partial charge in [-0.2, -0.15) is 0 Å². The van der Waals surface area contributed by atoms with E-state index >= 15 is 0 Å². The average Bonchev–Trinajstić information content (AvgIpc) is 3.26. The van der Waals surface area contributed by atoms with E-state index in [-0.39, 0.29) is 25.1 Å². The molecule has 0 saturated heterocycles. The lowest BCUT2D eigenvalue weighted by atomic mass is 9.86. The Morgan fingerprint density at radius 3 is 1.95 bits per heavy atom. The molecule has 0 bridgehead atoms. The minimum absolute atomic E-state index is 0.129. The van der Waals surface area contributed by atoms with Crippen molar-refractivity contribution in [3.8, 4) is 11.5 Å². The van der Waals surface area contributed by atoms with E-state index in [2.05, 4.69) is 110 Å². The lowest BCUT2D eigenvalue weighted by Gasteiger charge is -2.38. The van der Waals surface area contributed by atoms with Gasteiger partial charge in [-0.05, 0) is 182 Å². The molecular formula is C58H103NO6Si. The van der Waals surface area contributed by atoms with E-state index in [1.807, 2.05) is 0 Å². The number of benzene rings is 1. The van der Waals surface area contributed by atoms with Crippen molar-refractivity contribution in [1.82, 2.24) is 4.90 Å². The Hall–Kier alpha value is -2.20. The van der Waals surface area contributed by atoms with Crippen molar-refractivity contribution in [2.24, 2.45) is 0 Å². The molecule has 7 nitrogen and oxygen atoms in total. The summed E-state index contributed by atoms with van der Waals surface area (Å²) in [5.41, 5.74) is 7.78. The van der Waals surface area contributed by atoms with Crippen LogP contribution in [0.4, 0.5) is 0 Å². The van der Waals surface area contributed by atoms with Crippen LogP contribution >= 0.6 is 0 Å². The van der Waals surface area contributed by atoms with Gasteiger partial charge in [0.2, 0.25) is 0 Å². The number of aliphatic hydroxyl groups excluding tert-OH is 2. The fraction of sp³-hybridized carbons (Fsp3) is 0.759. The van der Waals surface area contributed by atoms with Gasteiger partial charge in [-0.15, -0.1) is 0 Å². The highest BCUT2D eigenvalue weighted by Crippen LogP contribution is 2.43. The Balaban J connectivity index is 1.99. The first-order valence-electron chi connectivity index (χ1n) is 27.1. The van der Waals surface area contributed by atoms with E-state index in [1.165, 1.54) is 105 Å². The molecule has 2 atom stereocenters. The number of unbranched alkanes of at least 4 members (excludes halogenated alkanes) is 14. The van der Waals surface area contributed by atoms with Crippen molar-refractivity contribution >= 4 is 8.56 Å². The first kappa shape index (κ1) is 59.9. The molecule has 1 aromatic rings. The smallest absolute Gasteiger partial charge is 0.334 e. The number of ether oxygens (including phenoxy) is 2. The first-order valence-corrected chi connectivity index (χ1v) is 29.9. The van der Waals surface area contributed by atoms with Gasteiger partial charge in [0.05, 0.1) is 13.2 Å². The predicted molar refractivity (Wildman–Crippen MR) is 285 cm³/mol. The van der Waals surface area contributed by atoms with Crippen molar-refractivity contribution in [2.45, 2.75) is 247 Å². The topological polar surface area (TPSA) is 80.6 Å². The van der Waals surface area contributed by atoms with Crippen LogP contribution < -0.4 is 9.47 Å². The molecule has 2 rings (SSSR count). The number of allylic oxidation sites excluding steroid dienone is 8. The van der Waals surface area contributed by atoms with Gasteiger partial charge in [0.25, 0.3) is 0 Å². The molecule has 1 heterocycles. The molecular weight excluding hydrogens is 835 g/mol. The molecule has 0 fully saturated rings. The molecule has 0 spiro atoms. The molecule has 0 amide bonds. The highest BCUT2D eigenvalue weighted by molar-refractivity contribution is 6.64. The van der Waals surface area contributed by atoms with Crippen molar-refractivity contribution < 1.29 is 28.5 Å². The third-order valence-corrected chi connectivity index (χ3v) is 15.1. The highest BCUT2D eigenvalue weighted by Gasteiger charge is 2.35. The molecule has 380 valence electrons. The maximum Gasteiger partial charge on any atom is 0.334 e. The quantitative estimate of drug-likeness (QED) is 0.0294. The van der Waals surface area contributed by atoms with E-state index in [1.54, 1.807) is 0 Å². The summed E-state index contributed by atoms with van der Waals surface area (Å²) in [6.07, 6.45) is 41.9. The second-order valence-corrected chi connectivity index (χ2v) is 24.0. The number of aliphatic hydroxyl groups is 2. The van der Waals surface area contributed by atoms with E-state index < -0.39 is 8.56 Å². The average molecular weight is 939 g/mol. The van der Waals surface area contributed by atoms with Crippen LogP contribution in [0.25, 0.3) is 0 Å². The van der Waals surface area contributed by atoms with Crippen LogP contribution in [0.2, 0.25) is 13.1 Å². The fourth-order valence-corrected chi connectivity index (χ4v) is 10.6. The summed E-state index contributed by atoms with van der Waals surface area (Å²) in [6.45, 7) is 25.3. The molecule has 66 heavy (non-hydrogen) atoms. The second kappa shape index (κ2) is 35.8. The standard InChI is InChI=1S/C58H103NO6Si/c1-11-12-13-14-15-16-17-18-19-20-21-22-23-24-27-38-56(65-66(9,10)62-47-29-26-25-28-42-59(43-45-60)44-46-61)63-55-48-52(6)57-54(53(55)7)39-41-58(8,64-57)40-32-37-51(5)36-31-35-50(4)34-30-33-49(2)3/h18-19,33,35,37,48,56,60-61H,11-17,20-32,34,36,38-47H2,1-10H3/b19-18-,50-35+,51-37+. The van der Waals surface area contributed by atoms with Crippen LogP contribution in [0, 0.1) is 13.8 Å². The molecule has 1 aliphatic heterocycles. The SMILES string of the molecule is CCCCCCCC/C=C\CCCCCCCC(Oc1cc(C)c2c(c1C)CCC(C)(CC/C=C(\C)CC/C=C(\C)CCC=C(C)C)O2)O[Si](C)(C)OCCCCCCN(CCO)CCO. The number of aryl methyl sites for hydroxylation is 1. The zero-order valence-corrected chi connectivity index (χ0v) is 45.6. The highest BCUT2D eigenvalue weighted by atomic mass is 28.4. The molecule has 0 saturated carbocycles. The summed E-state index contributed by atoms with van der Waals surface area (Å²) in [4.78, 5) is 2.13. The Morgan fingerprint density at radius 2 is 1.32 bits per heavy atom. The number of nitrogens with zero attached hydrogens (tertiary/aromatic N) is 1. The van der Waals surface area contributed by atoms with Crippen LogP contribution in [0.15, 0.2) is 53.2 Å². The summed E-state index contributed by atoms with van der Waals surface area (Å²) < 4.78 is 27.2. The third kappa shape index (κ3) is 27.7. The Kier molecular flexibility index (Phi) is 32.5. The van der Waals surface area contributed by atoms with E-state index in [4.69, 9.17) is 18.3 Å². The molecule has 2 unspecified atom stereocenters. The Labute approximate surface area is 408 Å². The third-order valence-electron chi connectivity index (χ3n) is 13.4. The van der Waals surface area contributed by atoms with Gasteiger partial charge < -0.3 is 28.5 Å². The van der Waals surface area contributed by atoms with E-state index in [0.717, 1.165) is 113 Å². The fourth-order valence-electron chi connectivity index (χ4n) is 9.06. The lowest BCUT2D eigenvalue weighted by molar-refractivity contribution is -0.0312. The summed E-state index contributed by atoms with van der Waals surface area (Å²) in [5, 5.41) is 18.6. The maximum absolute atomic E-state index is 9.31. The summed E-state index contributed by atoms with van der Waals surface area (Å²) in [5.74, 6) is 1.96. The van der Waals surface area contributed by atoms with Gasteiger partial charge >= 0.3 is 8.56 Å². The van der Waals surface area contributed by atoms with Gasteiger partial charge in [0, 0.05) is 31.7 Å².